The van der Waals surface area contributed by atoms with Crippen molar-refractivity contribution >= 4 is 28.0 Å². The molecular weight excluding hydrogens is 494 g/mol. The Morgan fingerprint density at radius 3 is 2.73 bits per heavy atom. The minimum atomic E-state index is 0.355. The summed E-state index contributed by atoms with van der Waals surface area (Å²) in [5.41, 5.74) is 10.4. The third-order valence-electron chi connectivity index (χ3n) is 9.45. The maximum Gasteiger partial charge on any atom is 0.137 e. The lowest BCUT2D eigenvalue weighted by Gasteiger charge is -2.42. The number of aromatic nitrogens is 4. The first-order chi connectivity index (χ1) is 19.5. The van der Waals surface area contributed by atoms with Gasteiger partial charge in [-0.25, -0.2) is 4.98 Å². The molecule has 3 aromatic heterocycles. The number of fused-ring (bicyclic) bond motifs is 2. The van der Waals surface area contributed by atoms with Gasteiger partial charge >= 0.3 is 0 Å². The van der Waals surface area contributed by atoms with Crippen LogP contribution in [0.2, 0.25) is 0 Å². The lowest BCUT2D eigenvalue weighted by molar-refractivity contribution is 0.201. The van der Waals surface area contributed by atoms with Gasteiger partial charge in [-0.3, -0.25) is 4.68 Å². The molecule has 3 aliphatic rings. The summed E-state index contributed by atoms with van der Waals surface area (Å²) in [5, 5.41) is 12.8. The normalized spacial score (nSPS) is 19.7. The molecule has 7 heteroatoms. The zero-order chi connectivity index (χ0) is 27.3. The van der Waals surface area contributed by atoms with E-state index in [2.05, 4.69) is 87.2 Å². The van der Waals surface area contributed by atoms with Gasteiger partial charge in [0.25, 0.3) is 0 Å². The number of anilines is 1. The Labute approximate surface area is 236 Å². The molecule has 3 N–H and O–H groups in total. The number of aromatic amines is 1. The Hall–Kier alpha value is -3.68. The van der Waals surface area contributed by atoms with Crippen molar-refractivity contribution in [3.05, 3.63) is 78.9 Å². The quantitative estimate of drug-likeness (QED) is 0.289. The van der Waals surface area contributed by atoms with Crippen molar-refractivity contribution < 1.29 is 0 Å². The van der Waals surface area contributed by atoms with Gasteiger partial charge in [-0.1, -0.05) is 31.4 Å². The topological polar surface area (TPSA) is 73.8 Å². The molecule has 5 heterocycles. The molecule has 40 heavy (non-hydrogen) atoms. The molecule has 206 valence electrons. The summed E-state index contributed by atoms with van der Waals surface area (Å²) in [4.78, 5) is 10.5. The van der Waals surface area contributed by atoms with Crippen molar-refractivity contribution in [2.24, 2.45) is 5.41 Å². The fourth-order valence-corrected chi connectivity index (χ4v) is 7.09. The van der Waals surface area contributed by atoms with Crippen LogP contribution in [-0.2, 0) is 6.42 Å². The zero-order valence-electron chi connectivity index (χ0n) is 23.5. The molecule has 0 radical (unpaired) electrons. The molecule has 0 bridgehead atoms. The second kappa shape index (κ2) is 10.1. The number of hydrogen-bond acceptors (Lipinski definition) is 5. The van der Waals surface area contributed by atoms with E-state index >= 15 is 0 Å². The van der Waals surface area contributed by atoms with E-state index in [9.17, 15) is 0 Å². The summed E-state index contributed by atoms with van der Waals surface area (Å²) in [5.74, 6) is 0. The highest BCUT2D eigenvalue weighted by Crippen LogP contribution is 2.47. The lowest BCUT2D eigenvalue weighted by atomic mass is 9.65. The van der Waals surface area contributed by atoms with E-state index in [4.69, 9.17) is 4.98 Å². The molecule has 2 saturated heterocycles. The van der Waals surface area contributed by atoms with Crippen molar-refractivity contribution in [1.29, 1.82) is 0 Å². The van der Waals surface area contributed by atoms with Gasteiger partial charge in [0.2, 0.25) is 0 Å². The first kappa shape index (κ1) is 25.3. The highest BCUT2D eigenvalue weighted by atomic mass is 15.3. The molecule has 1 spiro atoms. The van der Waals surface area contributed by atoms with Crippen LogP contribution in [0.4, 0.5) is 5.69 Å². The summed E-state index contributed by atoms with van der Waals surface area (Å²) in [6.07, 6.45) is 14.9. The molecule has 4 aromatic rings. The van der Waals surface area contributed by atoms with Crippen molar-refractivity contribution in [3.63, 3.8) is 0 Å². The number of allylic oxidation sites excluding steroid dienone is 1. The summed E-state index contributed by atoms with van der Waals surface area (Å²) < 4.78 is 2.10. The first-order valence-electron chi connectivity index (χ1n) is 14.6. The van der Waals surface area contributed by atoms with E-state index in [0.717, 1.165) is 79.8 Å². The Balaban J connectivity index is 1.13. The van der Waals surface area contributed by atoms with Crippen molar-refractivity contribution in [2.45, 2.75) is 44.6 Å². The predicted octanol–water partition coefficient (Wildman–Crippen LogP) is 6.11. The highest BCUT2D eigenvalue weighted by Gasteiger charge is 2.37. The smallest absolute Gasteiger partial charge is 0.137 e. The van der Waals surface area contributed by atoms with Gasteiger partial charge in [0.1, 0.15) is 5.65 Å². The second-order valence-electron chi connectivity index (χ2n) is 12.2. The van der Waals surface area contributed by atoms with Gasteiger partial charge < -0.3 is 20.5 Å². The molecule has 2 aliphatic heterocycles. The van der Waals surface area contributed by atoms with E-state index < -0.39 is 0 Å². The maximum atomic E-state index is 4.74. The molecule has 2 fully saturated rings. The van der Waals surface area contributed by atoms with E-state index in [0.29, 0.717) is 11.5 Å². The molecule has 0 amide bonds. The number of benzene rings is 1. The molecule has 7 nitrogen and oxygen atoms in total. The standard InChI is InChI=1S/C33H39N7/c1-22-16-33(8-10-34-11-9-33)17-25-14-24(4-5-29(22)25)31-20-36-32-30(31)15-26(18-35-32)23(2)38-27-19-37-40(21-27)28-6-12-39(3)13-7-28/h4-5,14-15,18-21,28,34,38H,1-2,6-13,16-17H2,3H3,(H,35,36). The number of H-pyrrole nitrogens is 1. The van der Waals surface area contributed by atoms with Gasteiger partial charge in [-0.05, 0) is 105 Å². The summed E-state index contributed by atoms with van der Waals surface area (Å²) in [6, 6.07) is 9.56. The van der Waals surface area contributed by atoms with E-state index in [1.54, 1.807) is 0 Å². The molecule has 7 rings (SSSR count). The Morgan fingerprint density at radius 2 is 1.90 bits per heavy atom. The van der Waals surface area contributed by atoms with Crippen LogP contribution in [0.5, 0.6) is 0 Å². The largest absolute Gasteiger partial charge is 0.353 e. The number of pyridine rings is 1. The SMILES string of the molecule is C=C(Nc1cnn(C2CCN(C)CC2)c1)c1cnc2[nH]cc(-c3ccc4c(c3)CC3(CCNCC3)CC4=C)c2c1. The number of nitrogens with one attached hydrogen (secondary N) is 3. The van der Waals surface area contributed by atoms with Crippen LogP contribution in [0.3, 0.4) is 0 Å². The number of hydrogen-bond donors (Lipinski definition) is 3. The van der Waals surface area contributed by atoms with Gasteiger partial charge in [-0.2, -0.15) is 5.10 Å². The summed E-state index contributed by atoms with van der Waals surface area (Å²) in [7, 11) is 2.18. The van der Waals surface area contributed by atoms with Crippen LogP contribution in [0.1, 0.15) is 54.8 Å². The third kappa shape index (κ3) is 4.67. The van der Waals surface area contributed by atoms with Gasteiger partial charge in [0, 0.05) is 40.8 Å². The van der Waals surface area contributed by atoms with E-state index in [-0.39, 0.29) is 0 Å². The minimum Gasteiger partial charge on any atom is -0.353 e. The number of nitrogens with zero attached hydrogens (tertiary/aromatic N) is 4. The van der Waals surface area contributed by atoms with E-state index in [1.165, 1.54) is 40.7 Å². The van der Waals surface area contributed by atoms with Crippen molar-refractivity contribution in [2.75, 3.05) is 38.5 Å². The molecule has 0 unspecified atom stereocenters. The van der Waals surface area contributed by atoms with Crippen LogP contribution >= 0.6 is 0 Å². The maximum absolute atomic E-state index is 4.74. The summed E-state index contributed by atoms with van der Waals surface area (Å²) in [6.45, 7) is 13.3. The minimum absolute atomic E-state index is 0.355. The van der Waals surface area contributed by atoms with Crippen LogP contribution in [0.15, 0.2) is 62.2 Å². The monoisotopic (exact) mass is 533 g/mol. The fraction of sp³-hybridized carbons (Fsp3) is 0.394. The van der Waals surface area contributed by atoms with Gasteiger partial charge in [0.15, 0.2) is 0 Å². The van der Waals surface area contributed by atoms with Crippen LogP contribution < -0.4 is 10.6 Å². The Morgan fingerprint density at radius 1 is 1.07 bits per heavy atom. The molecule has 0 atom stereocenters. The van der Waals surface area contributed by atoms with Gasteiger partial charge in [0.05, 0.1) is 17.9 Å². The second-order valence-corrected chi connectivity index (χ2v) is 12.2. The Bertz CT molecular complexity index is 1580. The molecule has 1 aliphatic carbocycles. The number of rotatable bonds is 5. The van der Waals surface area contributed by atoms with Crippen molar-refractivity contribution in [1.82, 2.24) is 30.0 Å². The fourth-order valence-electron chi connectivity index (χ4n) is 7.09. The number of likely N-dealkylation sites (tertiary alicyclic amines) is 1. The van der Waals surface area contributed by atoms with E-state index in [1.807, 2.05) is 12.4 Å². The Kier molecular flexibility index (Phi) is 6.36. The number of piperidine rings is 2. The third-order valence-corrected chi connectivity index (χ3v) is 9.45. The van der Waals surface area contributed by atoms with Crippen LogP contribution in [-0.4, -0.2) is 57.9 Å². The summed E-state index contributed by atoms with van der Waals surface area (Å²) >= 11 is 0. The zero-order valence-corrected chi connectivity index (χ0v) is 23.5. The van der Waals surface area contributed by atoms with Crippen LogP contribution in [0, 0.1) is 5.41 Å². The predicted molar refractivity (Wildman–Crippen MR) is 164 cm³/mol. The van der Waals surface area contributed by atoms with Crippen LogP contribution in [0.25, 0.3) is 33.4 Å². The molecule has 1 aromatic carbocycles. The van der Waals surface area contributed by atoms with Crippen molar-refractivity contribution in [3.8, 4) is 11.1 Å². The lowest BCUT2D eigenvalue weighted by Crippen LogP contribution is -2.40. The average Bonchev–Trinajstić information content (AvgIpc) is 3.60. The first-order valence-corrected chi connectivity index (χ1v) is 14.6. The van der Waals surface area contributed by atoms with Gasteiger partial charge in [-0.15, -0.1) is 0 Å². The molecule has 0 saturated carbocycles. The highest BCUT2D eigenvalue weighted by molar-refractivity contribution is 5.96. The average molecular weight is 534 g/mol. The molecular formula is C33H39N7.